The van der Waals surface area contributed by atoms with E-state index in [2.05, 4.69) is 27.7 Å². The molecule has 0 aliphatic carbocycles. The molecule has 9 heteroatoms. The molecule has 0 unspecified atom stereocenters. The topological polar surface area (TPSA) is 90.2 Å². The lowest BCUT2D eigenvalue weighted by Crippen LogP contribution is -2.50. The van der Waals surface area contributed by atoms with Gasteiger partial charge in [0.25, 0.3) is 5.91 Å². The highest BCUT2D eigenvalue weighted by atomic mass is 32.1. The second-order valence-corrected chi connectivity index (χ2v) is 12.1. The summed E-state index contributed by atoms with van der Waals surface area (Å²) in [5.41, 5.74) is 4.93. The molecule has 7 rings (SSSR count). The number of carbonyl (C=O) groups is 2. The van der Waals surface area contributed by atoms with E-state index in [0.717, 1.165) is 62.6 Å². The van der Waals surface area contributed by atoms with Crippen molar-refractivity contribution < 1.29 is 14.3 Å². The molecule has 2 aliphatic rings. The van der Waals surface area contributed by atoms with Crippen LogP contribution in [0.15, 0.2) is 73.7 Å². The number of aromatic nitrogens is 4. The number of carbonyl (C=O) groups excluding carboxylic acids is 2. The number of rotatable bonds is 4. The van der Waals surface area contributed by atoms with Crippen molar-refractivity contribution in [2.24, 2.45) is 0 Å². The predicted octanol–water partition coefficient (Wildman–Crippen LogP) is 6.53. The minimum Gasteiger partial charge on any atom is -0.486 e. The fourth-order valence-corrected chi connectivity index (χ4v) is 7.10. The minimum atomic E-state index is -0.380. The van der Waals surface area contributed by atoms with Gasteiger partial charge in [0.15, 0.2) is 11.6 Å². The number of ketones is 1. The number of pyridine rings is 2. The number of benzene rings is 1. The van der Waals surface area contributed by atoms with E-state index >= 15 is 0 Å². The van der Waals surface area contributed by atoms with Crippen molar-refractivity contribution in [1.82, 2.24) is 24.6 Å². The third kappa shape index (κ3) is 4.50. The number of likely N-dealkylation sites (tertiary alicyclic amines) is 1. The first-order valence-corrected chi connectivity index (χ1v) is 14.8. The van der Waals surface area contributed by atoms with E-state index in [1.54, 1.807) is 25.5 Å². The Morgan fingerprint density at radius 1 is 1.05 bits per heavy atom. The first-order chi connectivity index (χ1) is 20.3. The van der Waals surface area contributed by atoms with Crippen LogP contribution in [-0.4, -0.2) is 55.0 Å². The summed E-state index contributed by atoms with van der Waals surface area (Å²) >= 11 is 1.46. The summed E-state index contributed by atoms with van der Waals surface area (Å²) in [4.78, 5) is 37.7. The molecule has 0 N–H and O–H groups in total. The number of piperidine rings is 1. The van der Waals surface area contributed by atoms with Gasteiger partial charge in [-0.2, -0.15) is 5.10 Å². The Labute approximate surface area is 247 Å². The molecule has 1 spiro atoms. The van der Waals surface area contributed by atoms with Crippen LogP contribution in [-0.2, 0) is 0 Å². The zero-order chi connectivity index (χ0) is 29.0. The van der Waals surface area contributed by atoms with Crippen LogP contribution in [0, 0.1) is 6.92 Å². The fraction of sp³-hybridized carbons (Fsp3) is 0.242. The van der Waals surface area contributed by atoms with E-state index in [0.29, 0.717) is 30.0 Å². The molecule has 5 aromatic rings. The molecule has 1 amide bonds. The van der Waals surface area contributed by atoms with Gasteiger partial charge in [0.05, 0.1) is 10.6 Å². The lowest BCUT2D eigenvalue weighted by molar-refractivity contribution is 0.00337. The van der Waals surface area contributed by atoms with Crippen LogP contribution in [0.5, 0.6) is 5.75 Å². The maximum Gasteiger partial charge on any atom is 0.264 e. The van der Waals surface area contributed by atoms with Crippen molar-refractivity contribution in [2.75, 3.05) is 13.1 Å². The van der Waals surface area contributed by atoms with Crippen molar-refractivity contribution in [1.29, 1.82) is 0 Å². The van der Waals surface area contributed by atoms with E-state index in [1.807, 2.05) is 59.0 Å². The SMILES string of the molecule is C=C1CC2(CCN(C(=O)c3cc4c(C)nn(-c5ccccn5)c4s3)CC2)Oc2ccc(-c3cncc(C(C)=O)c3)cc21. The quantitative estimate of drug-likeness (QED) is 0.227. The van der Waals surface area contributed by atoms with Crippen molar-refractivity contribution in [3.05, 3.63) is 95.4 Å². The number of nitrogens with zero attached hydrogens (tertiary/aromatic N) is 5. The zero-order valence-electron chi connectivity index (χ0n) is 23.5. The summed E-state index contributed by atoms with van der Waals surface area (Å²) in [6, 6.07) is 15.6. The Bertz CT molecular complexity index is 1880. The highest BCUT2D eigenvalue weighted by molar-refractivity contribution is 7.20. The van der Waals surface area contributed by atoms with Gasteiger partial charge < -0.3 is 9.64 Å². The summed E-state index contributed by atoms with van der Waals surface area (Å²) in [7, 11) is 0. The van der Waals surface area contributed by atoms with Gasteiger partial charge in [-0.1, -0.05) is 18.7 Å². The molecular formula is C33H29N5O3S. The molecule has 0 radical (unpaired) electrons. The molecule has 6 heterocycles. The van der Waals surface area contributed by atoms with E-state index in [-0.39, 0.29) is 17.3 Å². The van der Waals surface area contributed by atoms with Gasteiger partial charge in [-0.05, 0) is 61.4 Å². The molecule has 0 bridgehead atoms. The average Bonchev–Trinajstić information content (AvgIpc) is 3.58. The van der Waals surface area contributed by atoms with Gasteiger partial charge in [-0.3, -0.25) is 14.6 Å². The second kappa shape index (κ2) is 10.0. The van der Waals surface area contributed by atoms with Crippen LogP contribution in [0.2, 0.25) is 0 Å². The molecular weight excluding hydrogens is 546 g/mol. The van der Waals surface area contributed by atoms with Crippen molar-refractivity contribution in [2.45, 2.75) is 38.7 Å². The number of fused-ring (bicyclic) bond motifs is 2. The van der Waals surface area contributed by atoms with E-state index in [4.69, 9.17) is 4.74 Å². The van der Waals surface area contributed by atoms with Gasteiger partial charge >= 0.3 is 0 Å². The van der Waals surface area contributed by atoms with Gasteiger partial charge in [-0.15, -0.1) is 11.3 Å². The van der Waals surface area contributed by atoms with Gasteiger partial charge in [-0.25, -0.2) is 9.67 Å². The molecule has 0 atom stereocenters. The maximum absolute atomic E-state index is 13.6. The monoisotopic (exact) mass is 575 g/mol. The van der Waals surface area contributed by atoms with Crippen LogP contribution in [0.25, 0.3) is 32.7 Å². The Hall–Kier alpha value is -4.63. The molecule has 0 saturated carbocycles. The minimum absolute atomic E-state index is 0.0135. The Balaban J connectivity index is 1.08. The van der Waals surface area contributed by atoms with Crippen LogP contribution >= 0.6 is 11.3 Å². The lowest BCUT2D eigenvalue weighted by Gasteiger charge is -2.45. The number of aryl methyl sites for hydroxylation is 1. The second-order valence-electron chi connectivity index (χ2n) is 11.1. The normalized spacial score (nSPS) is 16.0. The number of ether oxygens (including phenoxy) is 1. The standard InChI is InChI=1S/C33H29N5O3S/c1-20-17-33(41-28-8-7-23(15-26(20)28)25-14-24(22(3)39)18-34-19-25)9-12-37(13-10-33)31(40)29-16-27-21(2)36-38(32(27)42-29)30-6-4-5-11-35-30/h4-8,11,14-16,18-19H,1,9-10,12-13,17H2,2-3H3. The zero-order valence-corrected chi connectivity index (χ0v) is 24.3. The molecule has 2 aliphatic heterocycles. The number of hydrogen-bond donors (Lipinski definition) is 0. The lowest BCUT2D eigenvalue weighted by atomic mass is 9.80. The molecule has 1 fully saturated rings. The Morgan fingerprint density at radius 3 is 2.64 bits per heavy atom. The summed E-state index contributed by atoms with van der Waals surface area (Å²) in [5, 5.41) is 5.63. The third-order valence-electron chi connectivity index (χ3n) is 8.28. The third-order valence-corrected chi connectivity index (χ3v) is 9.38. The molecule has 210 valence electrons. The van der Waals surface area contributed by atoms with E-state index < -0.39 is 0 Å². The summed E-state index contributed by atoms with van der Waals surface area (Å²) < 4.78 is 8.47. The molecule has 1 aromatic carbocycles. The van der Waals surface area contributed by atoms with Gasteiger partial charge in [0.2, 0.25) is 0 Å². The highest BCUT2D eigenvalue weighted by Crippen LogP contribution is 2.45. The van der Waals surface area contributed by atoms with E-state index in [9.17, 15) is 9.59 Å². The van der Waals surface area contributed by atoms with E-state index in [1.165, 1.54) is 11.3 Å². The molecule has 8 nitrogen and oxygen atoms in total. The Kier molecular flexibility index (Phi) is 6.27. The van der Waals surface area contributed by atoms with Crippen LogP contribution in [0.4, 0.5) is 0 Å². The van der Waals surface area contributed by atoms with Gasteiger partial charge in [0.1, 0.15) is 16.2 Å². The van der Waals surface area contributed by atoms with Crippen LogP contribution in [0.3, 0.4) is 0 Å². The fourth-order valence-electron chi connectivity index (χ4n) is 5.96. The number of Topliss-reactive ketones (excluding diaryl/α,β-unsaturated/α-hetero) is 1. The first-order valence-electron chi connectivity index (χ1n) is 14.0. The number of hydrogen-bond acceptors (Lipinski definition) is 7. The maximum atomic E-state index is 13.6. The largest absolute Gasteiger partial charge is 0.486 e. The van der Waals surface area contributed by atoms with Crippen LogP contribution < -0.4 is 4.74 Å². The molecule has 1 saturated heterocycles. The Morgan fingerprint density at radius 2 is 1.88 bits per heavy atom. The summed E-state index contributed by atoms with van der Waals surface area (Å²) in [5.74, 6) is 1.57. The predicted molar refractivity (Wildman–Crippen MR) is 163 cm³/mol. The highest BCUT2D eigenvalue weighted by Gasteiger charge is 2.42. The molecule has 4 aromatic heterocycles. The average molecular weight is 576 g/mol. The van der Waals surface area contributed by atoms with Crippen molar-refractivity contribution in [3.63, 3.8) is 0 Å². The van der Waals surface area contributed by atoms with Crippen LogP contribution in [0.1, 0.15) is 57.5 Å². The van der Waals surface area contributed by atoms with Crippen molar-refractivity contribution in [3.8, 4) is 22.7 Å². The van der Waals surface area contributed by atoms with Crippen molar-refractivity contribution >= 4 is 38.8 Å². The number of thiophene rings is 1. The smallest absolute Gasteiger partial charge is 0.264 e. The summed E-state index contributed by atoms with van der Waals surface area (Å²) in [6.45, 7) is 9.14. The number of amides is 1. The molecule has 42 heavy (non-hydrogen) atoms. The first kappa shape index (κ1) is 26.3. The van der Waals surface area contributed by atoms with Gasteiger partial charge in [0, 0.05) is 73.0 Å². The summed E-state index contributed by atoms with van der Waals surface area (Å²) in [6.07, 6.45) is 7.27.